The van der Waals surface area contributed by atoms with Gasteiger partial charge in [0.1, 0.15) is 22.1 Å². The monoisotopic (exact) mass is 444 g/mol. The molecule has 0 amide bonds. The number of amidine groups is 1. The van der Waals surface area contributed by atoms with Crippen molar-refractivity contribution in [3.63, 3.8) is 0 Å². The van der Waals surface area contributed by atoms with Crippen molar-refractivity contribution in [2.24, 2.45) is 0 Å². The summed E-state index contributed by atoms with van der Waals surface area (Å²) in [4.78, 5) is -0.115. The number of aromatic nitrogens is 3. The average Bonchev–Trinajstić information content (AvgIpc) is 3.27. The molecule has 1 aromatic carbocycles. The Labute approximate surface area is 168 Å². The number of nitrogens with zero attached hydrogens (tertiary/aromatic N) is 4. The van der Waals surface area contributed by atoms with Crippen LogP contribution in [0.1, 0.15) is 22.8 Å². The van der Waals surface area contributed by atoms with Crippen molar-refractivity contribution in [1.29, 1.82) is 5.41 Å². The molecule has 3 rings (SSSR count). The van der Waals surface area contributed by atoms with Crippen molar-refractivity contribution in [1.82, 2.24) is 20.2 Å². The molecule has 0 bridgehead atoms. The first-order valence-electron chi connectivity index (χ1n) is 7.88. The maximum atomic E-state index is 13.3. The molecular formula is C15H14ClFN6O5S. The lowest BCUT2D eigenvalue weighted by molar-refractivity contribution is 0.297. The van der Waals surface area contributed by atoms with Crippen molar-refractivity contribution < 1.29 is 27.2 Å². The zero-order valence-electron chi connectivity index (χ0n) is 15.0. The molecule has 0 radical (unpaired) electrons. The van der Waals surface area contributed by atoms with Gasteiger partial charge in [0.15, 0.2) is 17.3 Å². The van der Waals surface area contributed by atoms with E-state index >= 15 is 0 Å². The Morgan fingerprint density at radius 2 is 2.07 bits per heavy atom. The molecule has 11 nitrogen and oxygen atoms in total. The van der Waals surface area contributed by atoms with Gasteiger partial charge >= 0.3 is 0 Å². The fraction of sp³-hybridized carbons (Fsp3) is 0.200. The zero-order valence-corrected chi connectivity index (χ0v) is 16.5. The minimum Gasteiger partial charge on any atom is -0.360 e. The summed E-state index contributed by atoms with van der Waals surface area (Å²) in [5, 5.41) is 29.1. The summed E-state index contributed by atoms with van der Waals surface area (Å²) in [6, 6.07) is 3.29. The molecule has 0 saturated carbocycles. The van der Waals surface area contributed by atoms with Gasteiger partial charge in [-0.1, -0.05) is 21.9 Å². The number of nitrogens with one attached hydrogen (secondary N) is 2. The van der Waals surface area contributed by atoms with Crippen LogP contribution in [0.5, 0.6) is 0 Å². The van der Waals surface area contributed by atoms with E-state index in [2.05, 4.69) is 24.8 Å². The number of anilines is 1. The zero-order chi connectivity index (χ0) is 21.3. The number of hydrogen-bond donors (Lipinski definition) is 3. The van der Waals surface area contributed by atoms with Crippen LogP contribution in [0.4, 0.5) is 10.1 Å². The maximum Gasteiger partial charge on any atom is 0.246 e. The topological polar surface area (TPSA) is 158 Å². The summed E-state index contributed by atoms with van der Waals surface area (Å²) in [6.45, 7) is 2.53. The van der Waals surface area contributed by atoms with Crippen LogP contribution in [-0.4, -0.2) is 34.9 Å². The third-order valence-corrected chi connectivity index (χ3v) is 5.74. The first-order valence-corrected chi connectivity index (χ1v) is 9.75. The van der Waals surface area contributed by atoms with E-state index in [0.717, 1.165) is 12.1 Å². The summed E-state index contributed by atoms with van der Waals surface area (Å²) in [7, 11) is -4.00. The van der Waals surface area contributed by atoms with E-state index in [4.69, 9.17) is 21.5 Å². The van der Waals surface area contributed by atoms with E-state index in [-0.39, 0.29) is 38.4 Å². The Morgan fingerprint density at radius 1 is 1.34 bits per heavy atom. The van der Waals surface area contributed by atoms with Gasteiger partial charge in [-0.3, -0.25) is 10.6 Å². The summed E-state index contributed by atoms with van der Waals surface area (Å²) < 4.78 is 50.0. The Kier molecular flexibility index (Phi) is 5.66. The Balaban J connectivity index is 1.80. The highest BCUT2D eigenvalue weighted by Gasteiger charge is 2.27. The second-order valence-corrected chi connectivity index (χ2v) is 7.91. The van der Waals surface area contributed by atoms with Crippen molar-refractivity contribution in [3.05, 3.63) is 51.9 Å². The minimum absolute atomic E-state index is 0.0216. The molecule has 0 fully saturated rings. The van der Waals surface area contributed by atoms with Gasteiger partial charge in [-0.15, -0.1) is 0 Å². The smallest absolute Gasteiger partial charge is 0.246 e. The number of hydroxylamine groups is 1. The fourth-order valence-electron chi connectivity index (χ4n) is 2.44. The average molecular weight is 445 g/mol. The summed E-state index contributed by atoms with van der Waals surface area (Å²) in [5.41, 5.74) is -0.158. The van der Waals surface area contributed by atoms with Crippen molar-refractivity contribution >= 4 is 33.1 Å². The van der Waals surface area contributed by atoms with Crippen LogP contribution in [0.2, 0.25) is 5.02 Å². The van der Waals surface area contributed by atoms with Crippen molar-refractivity contribution in [2.75, 3.05) is 5.06 Å². The number of aryl methyl sites for hydroxylation is 2. The number of sulfonamides is 1. The SMILES string of the molecule is Cc1noc(C)c1S(=O)(=O)NCc1nonc1C(=N)N(O)c1ccc(F)c(Cl)c1. The predicted molar refractivity (Wildman–Crippen MR) is 96.8 cm³/mol. The van der Waals surface area contributed by atoms with Gasteiger partial charge in [0, 0.05) is 0 Å². The highest BCUT2D eigenvalue weighted by Crippen LogP contribution is 2.23. The molecule has 3 N–H and O–H groups in total. The van der Waals surface area contributed by atoms with Gasteiger partial charge < -0.3 is 4.52 Å². The van der Waals surface area contributed by atoms with Gasteiger partial charge in [-0.2, -0.15) is 0 Å². The van der Waals surface area contributed by atoms with Gasteiger partial charge in [0.25, 0.3) is 0 Å². The van der Waals surface area contributed by atoms with Crippen LogP contribution in [0.25, 0.3) is 0 Å². The molecule has 0 atom stereocenters. The van der Waals surface area contributed by atoms with Crippen LogP contribution in [0, 0.1) is 25.1 Å². The molecule has 2 aromatic heterocycles. The van der Waals surface area contributed by atoms with Crippen LogP contribution in [-0.2, 0) is 16.6 Å². The number of halogens is 2. The third kappa shape index (κ3) is 4.12. The van der Waals surface area contributed by atoms with Gasteiger partial charge in [0.2, 0.25) is 10.0 Å². The number of hydrogen-bond acceptors (Lipinski definition) is 9. The minimum atomic E-state index is -4.00. The molecule has 0 unspecified atom stereocenters. The third-order valence-electron chi connectivity index (χ3n) is 3.81. The molecule has 14 heteroatoms. The van der Waals surface area contributed by atoms with E-state index in [1.807, 2.05) is 0 Å². The molecule has 0 saturated heterocycles. The quantitative estimate of drug-likeness (QED) is 0.294. The Morgan fingerprint density at radius 3 is 2.69 bits per heavy atom. The van der Waals surface area contributed by atoms with E-state index in [1.165, 1.54) is 19.9 Å². The largest absolute Gasteiger partial charge is 0.360 e. The van der Waals surface area contributed by atoms with Crippen molar-refractivity contribution in [2.45, 2.75) is 25.3 Å². The first kappa shape index (κ1) is 20.9. The number of benzene rings is 1. The lowest BCUT2D eigenvalue weighted by Crippen LogP contribution is -2.30. The maximum absolute atomic E-state index is 13.3. The lowest BCUT2D eigenvalue weighted by Gasteiger charge is -2.16. The molecule has 0 aliphatic heterocycles. The Bertz CT molecular complexity index is 1160. The molecule has 2 heterocycles. The molecule has 0 aliphatic carbocycles. The van der Waals surface area contributed by atoms with Gasteiger partial charge in [-0.05, 0) is 37.2 Å². The first-order chi connectivity index (χ1) is 13.6. The highest BCUT2D eigenvalue weighted by atomic mass is 35.5. The van der Waals surface area contributed by atoms with E-state index in [9.17, 15) is 18.0 Å². The Hall–Kier alpha value is -2.87. The summed E-state index contributed by atoms with van der Waals surface area (Å²) >= 11 is 5.67. The van der Waals surface area contributed by atoms with Crippen LogP contribution < -0.4 is 9.79 Å². The van der Waals surface area contributed by atoms with Gasteiger partial charge in [0.05, 0.1) is 17.3 Å². The van der Waals surface area contributed by atoms with E-state index in [1.54, 1.807) is 0 Å². The summed E-state index contributed by atoms with van der Waals surface area (Å²) in [5.74, 6) is -1.19. The summed E-state index contributed by atoms with van der Waals surface area (Å²) in [6.07, 6.45) is 0. The normalized spacial score (nSPS) is 11.6. The van der Waals surface area contributed by atoms with Gasteiger partial charge in [-0.25, -0.2) is 27.2 Å². The van der Waals surface area contributed by atoms with Crippen LogP contribution >= 0.6 is 11.6 Å². The predicted octanol–water partition coefficient (Wildman–Crippen LogP) is 2.17. The number of rotatable bonds is 6. The second-order valence-electron chi connectivity index (χ2n) is 5.80. The molecule has 0 aliphatic rings. The molecule has 0 spiro atoms. The van der Waals surface area contributed by atoms with Crippen LogP contribution in [0.3, 0.4) is 0 Å². The standard InChI is InChI=1S/C15H14ClFN6O5S/c1-7-14(8(2)27-20-7)29(25,26)19-6-12-13(22-28-21-12)15(18)23(24)9-3-4-11(17)10(16)5-9/h3-5,18-19,24H,6H2,1-2H3. The molecule has 3 aromatic rings. The van der Waals surface area contributed by atoms with Crippen LogP contribution in [0.15, 0.2) is 32.2 Å². The lowest BCUT2D eigenvalue weighted by atomic mass is 10.2. The highest BCUT2D eigenvalue weighted by molar-refractivity contribution is 7.89. The second kappa shape index (κ2) is 7.87. The van der Waals surface area contributed by atoms with E-state index in [0.29, 0.717) is 5.06 Å². The molecule has 29 heavy (non-hydrogen) atoms. The fourth-order valence-corrected chi connectivity index (χ4v) is 3.93. The molecule has 154 valence electrons. The van der Waals surface area contributed by atoms with Crippen molar-refractivity contribution in [3.8, 4) is 0 Å². The van der Waals surface area contributed by atoms with E-state index < -0.39 is 28.2 Å². The molecular weight excluding hydrogens is 431 g/mol.